The van der Waals surface area contributed by atoms with E-state index in [2.05, 4.69) is 0 Å². The summed E-state index contributed by atoms with van der Waals surface area (Å²) in [6.45, 7) is 0.495. The van der Waals surface area contributed by atoms with Crippen molar-refractivity contribution in [1.29, 1.82) is 0 Å². The van der Waals surface area contributed by atoms with Gasteiger partial charge in [0, 0.05) is 12.1 Å². The average Bonchev–Trinajstić information content (AvgIpc) is 2.82. The fourth-order valence-electron chi connectivity index (χ4n) is 4.12. The number of benzene rings is 3. The zero-order valence-electron chi connectivity index (χ0n) is 17.7. The van der Waals surface area contributed by atoms with Crippen molar-refractivity contribution in [1.82, 2.24) is 4.90 Å². The van der Waals surface area contributed by atoms with Crippen molar-refractivity contribution in [3.8, 4) is 17.2 Å². The number of carbonyl (C=O) groups excluding carboxylic acids is 1. The third-order valence-electron chi connectivity index (χ3n) is 5.65. The minimum atomic E-state index is -0.562. The molecule has 1 amide bonds. The molecule has 1 unspecified atom stereocenters. The molecule has 1 aliphatic rings. The van der Waals surface area contributed by atoms with Gasteiger partial charge in [-0.3, -0.25) is 4.79 Å². The van der Waals surface area contributed by atoms with Gasteiger partial charge in [-0.25, -0.2) is 4.39 Å². The Hall–Kier alpha value is -3.54. The first-order chi connectivity index (χ1) is 15.1. The third-order valence-corrected chi connectivity index (χ3v) is 5.65. The van der Waals surface area contributed by atoms with Gasteiger partial charge in [0.25, 0.3) is 5.91 Å². The van der Waals surface area contributed by atoms with E-state index in [0.29, 0.717) is 24.5 Å². The number of hydrogen-bond acceptors (Lipinski definition) is 4. The molecule has 0 radical (unpaired) electrons. The number of fused-ring (bicyclic) bond motifs is 1. The highest BCUT2D eigenvalue weighted by Gasteiger charge is 2.34. The highest BCUT2D eigenvalue weighted by atomic mass is 19.1. The first kappa shape index (κ1) is 20.7. The smallest absolute Gasteiger partial charge is 0.254 e. The number of carbonyl (C=O) groups is 1. The van der Waals surface area contributed by atoms with E-state index in [-0.39, 0.29) is 23.3 Å². The van der Waals surface area contributed by atoms with Crippen LogP contribution in [0.25, 0.3) is 0 Å². The molecule has 3 aromatic carbocycles. The molecule has 1 aliphatic heterocycles. The van der Waals surface area contributed by atoms with Crippen LogP contribution in [-0.4, -0.2) is 38.7 Å². The van der Waals surface area contributed by atoms with Crippen LogP contribution in [0.4, 0.5) is 4.39 Å². The minimum Gasteiger partial charge on any atom is -0.494 e. The Kier molecular flexibility index (Phi) is 5.80. The SMILES string of the molecule is COc1ccc(C(=O)N2CCc3cc(OC)c(OC)cc3C2c2ccccc2)cc1F. The number of halogens is 1. The van der Waals surface area contributed by atoms with E-state index in [4.69, 9.17) is 14.2 Å². The van der Waals surface area contributed by atoms with Crippen LogP contribution in [0.2, 0.25) is 0 Å². The van der Waals surface area contributed by atoms with Crippen molar-refractivity contribution >= 4 is 5.91 Å². The highest BCUT2D eigenvalue weighted by Crippen LogP contribution is 2.41. The van der Waals surface area contributed by atoms with E-state index in [1.165, 1.54) is 19.2 Å². The quantitative estimate of drug-likeness (QED) is 0.602. The van der Waals surface area contributed by atoms with Crippen molar-refractivity contribution in [2.75, 3.05) is 27.9 Å². The molecule has 0 saturated carbocycles. The molecule has 31 heavy (non-hydrogen) atoms. The summed E-state index contributed by atoms with van der Waals surface area (Å²) in [6.07, 6.45) is 0.656. The predicted molar refractivity (Wildman–Crippen MR) is 116 cm³/mol. The summed E-state index contributed by atoms with van der Waals surface area (Å²) in [5.74, 6) is 0.568. The predicted octanol–water partition coefficient (Wildman–Crippen LogP) is 4.64. The summed E-state index contributed by atoms with van der Waals surface area (Å²) in [6, 6.07) is 17.7. The van der Waals surface area contributed by atoms with E-state index in [1.807, 2.05) is 42.5 Å². The number of ether oxygens (including phenoxy) is 3. The summed E-state index contributed by atoms with van der Waals surface area (Å²) < 4.78 is 30.3. The molecule has 4 rings (SSSR count). The standard InChI is InChI=1S/C25H24FNO4/c1-29-21-10-9-18(13-20(21)26)25(28)27-12-11-17-14-22(30-2)23(31-3)15-19(17)24(27)16-7-5-4-6-8-16/h4-10,13-15,24H,11-12H2,1-3H3. The molecule has 0 spiro atoms. The van der Waals surface area contributed by atoms with E-state index in [0.717, 1.165) is 16.7 Å². The normalized spacial score (nSPS) is 15.2. The number of rotatable bonds is 5. The minimum absolute atomic E-state index is 0.108. The molecule has 0 bridgehead atoms. The second kappa shape index (κ2) is 8.68. The number of methoxy groups -OCH3 is 3. The van der Waals surface area contributed by atoms with Gasteiger partial charge >= 0.3 is 0 Å². The largest absolute Gasteiger partial charge is 0.494 e. The first-order valence-electron chi connectivity index (χ1n) is 10.0. The van der Waals surface area contributed by atoms with Crippen LogP contribution in [0.3, 0.4) is 0 Å². The van der Waals surface area contributed by atoms with Crippen molar-refractivity contribution in [2.45, 2.75) is 12.5 Å². The Morgan fingerprint density at radius 3 is 2.23 bits per heavy atom. The van der Waals surface area contributed by atoms with Gasteiger partial charge in [-0.15, -0.1) is 0 Å². The molecule has 160 valence electrons. The number of amides is 1. The van der Waals surface area contributed by atoms with Crippen LogP contribution in [-0.2, 0) is 6.42 Å². The van der Waals surface area contributed by atoms with Gasteiger partial charge in [0.1, 0.15) is 0 Å². The molecular formula is C25H24FNO4. The Bertz CT molecular complexity index is 1100. The monoisotopic (exact) mass is 421 g/mol. The van der Waals surface area contributed by atoms with E-state index >= 15 is 0 Å². The second-order valence-electron chi connectivity index (χ2n) is 7.32. The van der Waals surface area contributed by atoms with Gasteiger partial charge in [-0.05, 0) is 53.4 Å². The highest BCUT2D eigenvalue weighted by molar-refractivity contribution is 5.95. The van der Waals surface area contributed by atoms with Gasteiger partial charge in [0.2, 0.25) is 0 Å². The van der Waals surface area contributed by atoms with Gasteiger partial charge in [0.05, 0.1) is 27.4 Å². The lowest BCUT2D eigenvalue weighted by Crippen LogP contribution is -2.40. The lowest BCUT2D eigenvalue weighted by molar-refractivity contribution is 0.0693. The van der Waals surface area contributed by atoms with Gasteiger partial charge < -0.3 is 19.1 Å². The zero-order chi connectivity index (χ0) is 22.0. The summed E-state index contributed by atoms with van der Waals surface area (Å²) in [5, 5.41) is 0. The fourth-order valence-corrected chi connectivity index (χ4v) is 4.12. The first-order valence-corrected chi connectivity index (χ1v) is 10.0. The Balaban J connectivity index is 1.81. The summed E-state index contributed by atoms with van der Waals surface area (Å²) in [5.41, 5.74) is 3.31. The molecule has 1 heterocycles. The van der Waals surface area contributed by atoms with Crippen LogP contribution >= 0.6 is 0 Å². The van der Waals surface area contributed by atoms with E-state index < -0.39 is 5.82 Å². The zero-order valence-corrected chi connectivity index (χ0v) is 17.7. The average molecular weight is 421 g/mol. The summed E-state index contributed by atoms with van der Waals surface area (Å²) in [7, 11) is 4.60. The molecule has 1 atom stereocenters. The third kappa shape index (κ3) is 3.81. The summed E-state index contributed by atoms with van der Waals surface area (Å²) in [4.78, 5) is 15.3. The van der Waals surface area contributed by atoms with Crippen molar-refractivity contribution in [3.63, 3.8) is 0 Å². The van der Waals surface area contributed by atoms with Gasteiger partial charge in [-0.1, -0.05) is 30.3 Å². The van der Waals surface area contributed by atoms with Crippen LogP contribution < -0.4 is 14.2 Å². The van der Waals surface area contributed by atoms with E-state index in [9.17, 15) is 9.18 Å². The maximum absolute atomic E-state index is 14.3. The number of hydrogen-bond donors (Lipinski definition) is 0. The van der Waals surface area contributed by atoms with Crippen LogP contribution in [0, 0.1) is 5.82 Å². The van der Waals surface area contributed by atoms with Crippen molar-refractivity contribution in [3.05, 3.63) is 88.7 Å². The molecule has 0 N–H and O–H groups in total. The molecule has 3 aromatic rings. The Morgan fingerprint density at radius 1 is 0.903 bits per heavy atom. The van der Waals surface area contributed by atoms with E-state index in [1.54, 1.807) is 25.2 Å². The lowest BCUT2D eigenvalue weighted by Gasteiger charge is -2.38. The molecule has 0 saturated heterocycles. The van der Waals surface area contributed by atoms with Gasteiger partial charge in [0.15, 0.2) is 23.1 Å². The fraction of sp³-hybridized carbons (Fsp3) is 0.240. The second-order valence-corrected chi connectivity index (χ2v) is 7.32. The molecule has 0 fully saturated rings. The Morgan fingerprint density at radius 2 is 1.58 bits per heavy atom. The Labute approximate surface area is 181 Å². The van der Waals surface area contributed by atoms with Gasteiger partial charge in [-0.2, -0.15) is 0 Å². The van der Waals surface area contributed by atoms with Crippen molar-refractivity contribution < 1.29 is 23.4 Å². The lowest BCUT2D eigenvalue weighted by atomic mass is 9.87. The maximum Gasteiger partial charge on any atom is 0.254 e. The molecule has 5 nitrogen and oxygen atoms in total. The topological polar surface area (TPSA) is 48.0 Å². The van der Waals surface area contributed by atoms with Crippen LogP contribution in [0.15, 0.2) is 60.7 Å². The number of nitrogens with zero attached hydrogens (tertiary/aromatic N) is 1. The summed E-state index contributed by atoms with van der Waals surface area (Å²) >= 11 is 0. The molecule has 6 heteroatoms. The van der Waals surface area contributed by atoms with Crippen LogP contribution in [0.5, 0.6) is 17.2 Å². The molecule has 0 aromatic heterocycles. The van der Waals surface area contributed by atoms with Crippen molar-refractivity contribution in [2.24, 2.45) is 0 Å². The molecular weight excluding hydrogens is 397 g/mol. The van der Waals surface area contributed by atoms with Crippen LogP contribution in [0.1, 0.15) is 33.1 Å². The maximum atomic E-state index is 14.3. The molecule has 0 aliphatic carbocycles.